The van der Waals surface area contributed by atoms with Crippen LogP contribution in [0.3, 0.4) is 0 Å². The van der Waals surface area contributed by atoms with Gasteiger partial charge in [-0.25, -0.2) is 0 Å². The van der Waals surface area contributed by atoms with Gasteiger partial charge in [0.15, 0.2) is 0 Å². The molecule has 3 heteroatoms. The molecule has 3 nitrogen and oxygen atoms in total. The summed E-state index contributed by atoms with van der Waals surface area (Å²) in [6, 6.07) is 18.5. The van der Waals surface area contributed by atoms with E-state index in [2.05, 4.69) is 29.6 Å². The van der Waals surface area contributed by atoms with Crippen molar-refractivity contribution in [2.24, 2.45) is 5.92 Å². The van der Waals surface area contributed by atoms with E-state index in [0.29, 0.717) is 18.1 Å². The highest BCUT2D eigenvalue weighted by Gasteiger charge is 2.28. The summed E-state index contributed by atoms with van der Waals surface area (Å²) in [6.07, 6.45) is 3.49. The Kier molecular flexibility index (Phi) is 4.96. The predicted molar refractivity (Wildman–Crippen MR) is 92.8 cm³/mol. The van der Waals surface area contributed by atoms with Gasteiger partial charge in [0.05, 0.1) is 13.2 Å². The second-order valence-electron chi connectivity index (χ2n) is 6.16. The summed E-state index contributed by atoms with van der Waals surface area (Å²) in [7, 11) is 1.67. The monoisotopic (exact) mass is 309 g/mol. The molecule has 0 saturated heterocycles. The van der Waals surface area contributed by atoms with E-state index in [0.717, 1.165) is 30.7 Å². The van der Waals surface area contributed by atoms with Crippen molar-refractivity contribution in [1.29, 1.82) is 0 Å². The lowest BCUT2D eigenvalue weighted by atomic mass is 9.80. The number of ether oxygens (including phenoxy) is 1. The van der Waals surface area contributed by atoms with Gasteiger partial charge in [0, 0.05) is 18.5 Å². The molecule has 120 valence electrons. The zero-order chi connectivity index (χ0) is 16.1. The number of rotatable bonds is 5. The fourth-order valence-corrected chi connectivity index (χ4v) is 3.34. The summed E-state index contributed by atoms with van der Waals surface area (Å²) in [6.45, 7) is 0. The molecule has 0 heterocycles. The molecule has 2 aromatic rings. The van der Waals surface area contributed by atoms with Gasteiger partial charge in [0.25, 0.3) is 0 Å². The van der Waals surface area contributed by atoms with Crippen molar-refractivity contribution in [3.8, 4) is 5.75 Å². The molecule has 0 aliphatic heterocycles. The van der Waals surface area contributed by atoms with Gasteiger partial charge in [0.1, 0.15) is 11.5 Å². The molecule has 0 aromatic heterocycles. The molecule has 3 rings (SSSR count). The van der Waals surface area contributed by atoms with Crippen LogP contribution in [0.4, 0.5) is 5.69 Å². The smallest absolute Gasteiger partial charge is 0.133 e. The quantitative estimate of drug-likeness (QED) is 0.876. The predicted octanol–water partition coefficient (Wildman–Crippen LogP) is 4.61. The summed E-state index contributed by atoms with van der Waals surface area (Å²) in [5.74, 6) is 1.58. The van der Waals surface area contributed by atoms with E-state index >= 15 is 0 Å². The fraction of sp³-hybridized carbons (Fsp3) is 0.350. The molecule has 1 N–H and O–H groups in total. The fourth-order valence-electron chi connectivity index (χ4n) is 3.34. The second-order valence-corrected chi connectivity index (χ2v) is 6.16. The van der Waals surface area contributed by atoms with Gasteiger partial charge in [-0.05, 0) is 48.6 Å². The Morgan fingerprint density at radius 3 is 2.48 bits per heavy atom. The van der Waals surface area contributed by atoms with Crippen molar-refractivity contribution in [3.63, 3.8) is 0 Å². The maximum Gasteiger partial charge on any atom is 0.133 e. The van der Waals surface area contributed by atoms with E-state index in [9.17, 15) is 4.79 Å². The maximum absolute atomic E-state index is 11.9. The van der Waals surface area contributed by atoms with E-state index in [1.165, 1.54) is 5.56 Å². The minimum Gasteiger partial charge on any atom is -0.497 e. The number of ketones is 1. The lowest BCUT2D eigenvalue weighted by molar-refractivity contribution is -0.121. The van der Waals surface area contributed by atoms with Gasteiger partial charge in [-0.3, -0.25) is 4.79 Å². The summed E-state index contributed by atoms with van der Waals surface area (Å²) < 4.78 is 5.22. The first kappa shape index (κ1) is 15.6. The third kappa shape index (κ3) is 3.92. The average molecular weight is 309 g/mol. The number of nitrogens with one attached hydrogen (secondary N) is 1. The highest BCUT2D eigenvalue weighted by molar-refractivity contribution is 5.79. The number of anilines is 1. The standard InChI is InChI=1S/C20H23NO2/c1-23-19-12-10-17(11-13-19)21-20(15-6-3-2-4-7-15)16-8-5-9-18(22)14-16/h2-4,6-7,10-13,16,20-21H,5,8-9,14H2,1H3. The lowest BCUT2D eigenvalue weighted by Gasteiger charge is -2.31. The highest BCUT2D eigenvalue weighted by atomic mass is 16.5. The first-order valence-electron chi connectivity index (χ1n) is 8.23. The SMILES string of the molecule is COc1ccc(NC(c2ccccc2)C2CCCC(=O)C2)cc1. The van der Waals surface area contributed by atoms with Crippen LogP contribution in [-0.4, -0.2) is 12.9 Å². The topological polar surface area (TPSA) is 38.3 Å². The third-order valence-corrected chi connectivity index (χ3v) is 4.56. The normalized spacial score (nSPS) is 19.2. The molecule has 1 aliphatic carbocycles. The van der Waals surface area contributed by atoms with Crippen LogP contribution in [0.15, 0.2) is 54.6 Å². The molecule has 0 spiro atoms. The van der Waals surface area contributed by atoms with Gasteiger partial charge in [-0.1, -0.05) is 30.3 Å². The second kappa shape index (κ2) is 7.32. The van der Waals surface area contributed by atoms with E-state index in [4.69, 9.17) is 4.74 Å². The van der Waals surface area contributed by atoms with Crippen LogP contribution in [0.25, 0.3) is 0 Å². The van der Waals surface area contributed by atoms with Crippen molar-refractivity contribution in [1.82, 2.24) is 0 Å². The third-order valence-electron chi connectivity index (χ3n) is 4.56. The molecule has 1 aliphatic rings. The highest BCUT2D eigenvalue weighted by Crippen LogP contribution is 2.35. The van der Waals surface area contributed by atoms with E-state index in [1.807, 2.05) is 30.3 Å². The largest absolute Gasteiger partial charge is 0.497 e. The minimum atomic E-state index is 0.161. The zero-order valence-electron chi connectivity index (χ0n) is 13.5. The van der Waals surface area contributed by atoms with E-state index in [1.54, 1.807) is 7.11 Å². The average Bonchev–Trinajstić information content (AvgIpc) is 2.61. The van der Waals surface area contributed by atoms with Crippen molar-refractivity contribution >= 4 is 11.5 Å². The van der Waals surface area contributed by atoms with E-state index in [-0.39, 0.29) is 6.04 Å². The van der Waals surface area contributed by atoms with Crippen LogP contribution >= 0.6 is 0 Å². The summed E-state index contributed by atoms with van der Waals surface area (Å²) >= 11 is 0. The maximum atomic E-state index is 11.9. The van der Waals surface area contributed by atoms with Gasteiger partial charge in [-0.2, -0.15) is 0 Å². The Bertz CT molecular complexity index is 636. The number of benzene rings is 2. The van der Waals surface area contributed by atoms with Crippen molar-refractivity contribution in [2.45, 2.75) is 31.7 Å². The van der Waals surface area contributed by atoms with Gasteiger partial charge < -0.3 is 10.1 Å². The molecular formula is C20H23NO2. The number of hydrogen-bond acceptors (Lipinski definition) is 3. The van der Waals surface area contributed by atoms with Crippen molar-refractivity contribution in [3.05, 3.63) is 60.2 Å². The Hall–Kier alpha value is -2.29. The minimum absolute atomic E-state index is 0.161. The van der Waals surface area contributed by atoms with Gasteiger partial charge >= 0.3 is 0 Å². The van der Waals surface area contributed by atoms with Crippen LogP contribution in [0.5, 0.6) is 5.75 Å². The molecule has 0 radical (unpaired) electrons. The lowest BCUT2D eigenvalue weighted by Crippen LogP contribution is -2.26. The van der Waals surface area contributed by atoms with Crippen molar-refractivity contribution in [2.75, 3.05) is 12.4 Å². The molecule has 2 unspecified atom stereocenters. The van der Waals surface area contributed by atoms with E-state index < -0.39 is 0 Å². The Morgan fingerprint density at radius 1 is 1.09 bits per heavy atom. The Balaban J connectivity index is 1.83. The molecule has 23 heavy (non-hydrogen) atoms. The van der Waals surface area contributed by atoms with Crippen LogP contribution < -0.4 is 10.1 Å². The number of carbonyl (C=O) groups excluding carboxylic acids is 1. The summed E-state index contributed by atoms with van der Waals surface area (Å²) in [4.78, 5) is 11.9. The molecule has 1 fully saturated rings. The van der Waals surface area contributed by atoms with Gasteiger partial charge in [0.2, 0.25) is 0 Å². The number of hydrogen-bond donors (Lipinski definition) is 1. The zero-order valence-corrected chi connectivity index (χ0v) is 13.5. The molecule has 2 atom stereocenters. The van der Waals surface area contributed by atoms with Crippen molar-refractivity contribution < 1.29 is 9.53 Å². The number of methoxy groups -OCH3 is 1. The number of Topliss-reactive ketones (excluding diaryl/α,β-unsaturated/α-hetero) is 1. The number of carbonyl (C=O) groups is 1. The first-order valence-corrected chi connectivity index (χ1v) is 8.23. The van der Waals surface area contributed by atoms with Crippen LogP contribution in [0.1, 0.15) is 37.3 Å². The molecule has 0 amide bonds. The van der Waals surface area contributed by atoms with Gasteiger partial charge in [-0.15, -0.1) is 0 Å². The molecular weight excluding hydrogens is 286 g/mol. The molecule has 2 aromatic carbocycles. The first-order chi connectivity index (χ1) is 11.3. The van der Waals surface area contributed by atoms with Crippen LogP contribution in [-0.2, 0) is 4.79 Å². The summed E-state index contributed by atoms with van der Waals surface area (Å²) in [5.41, 5.74) is 2.29. The summed E-state index contributed by atoms with van der Waals surface area (Å²) in [5, 5.41) is 3.63. The van der Waals surface area contributed by atoms with Crippen LogP contribution in [0, 0.1) is 5.92 Å². The molecule has 1 saturated carbocycles. The Labute approximate surface area is 137 Å². The molecule has 0 bridgehead atoms. The Morgan fingerprint density at radius 2 is 1.83 bits per heavy atom. The van der Waals surface area contributed by atoms with Crippen LogP contribution in [0.2, 0.25) is 0 Å².